The van der Waals surface area contributed by atoms with Crippen molar-refractivity contribution >= 4 is 50.2 Å². The van der Waals surface area contributed by atoms with Gasteiger partial charge in [0.05, 0.1) is 22.1 Å². The molecule has 0 aliphatic heterocycles. The van der Waals surface area contributed by atoms with Crippen molar-refractivity contribution in [3.63, 3.8) is 0 Å². The molecule has 1 amide bonds. The van der Waals surface area contributed by atoms with Crippen molar-refractivity contribution in [2.24, 2.45) is 0 Å². The van der Waals surface area contributed by atoms with E-state index in [4.69, 9.17) is 25.5 Å². The van der Waals surface area contributed by atoms with E-state index in [2.05, 4.69) is 5.32 Å². The first-order valence-corrected chi connectivity index (χ1v) is 11.5. The Morgan fingerprint density at radius 2 is 1.84 bits per heavy atom. The van der Waals surface area contributed by atoms with Crippen LogP contribution in [0.15, 0.2) is 56.6 Å². The van der Waals surface area contributed by atoms with E-state index in [9.17, 15) is 22.8 Å². The SMILES string of the molecule is CCOC(=O)Nc1ccc2c(COC(=O)c3ccc(Cl)c(S(C)(=O)=O)c3)cc(=O)oc2c1. The highest BCUT2D eigenvalue weighted by Gasteiger charge is 2.17. The number of hydrogen-bond acceptors (Lipinski definition) is 8. The van der Waals surface area contributed by atoms with Crippen molar-refractivity contribution in [1.82, 2.24) is 0 Å². The van der Waals surface area contributed by atoms with Crippen LogP contribution in [0, 0.1) is 0 Å². The van der Waals surface area contributed by atoms with Gasteiger partial charge in [-0.1, -0.05) is 11.6 Å². The second-order valence-electron chi connectivity index (χ2n) is 6.64. The topological polar surface area (TPSA) is 129 Å². The van der Waals surface area contributed by atoms with Gasteiger partial charge < -0.3 is 13.9 Å². The van der Waals surface area contributed by atoms with Crippen LogP contribution in [-0.4, -0.2) is 33.3 Å². The van der Waals surface area contributed by atoms with Crippen LogP contribution in [-0.2, 0) is 25.9 Å². The van der Waals surface area contributed by atoms with Gasteiger partial charge in [-0.25, -0.2) is 22.8 Å². The van der Waals surface area contributed by atoms with Crippen molar-refractivity contribution in [1.29, 1.82) is 0 Å². The number of halogens is 1. The molecule has 0 bridgehead atoms. The van der Waals surface area contributed by atoms with E-state index in [1.807, 2.05) is 0 Å². The van der Waals surface area contributed by atoms with E-state index in [0.717, 1.165) is 12.3 Å². The first kappa shape index (κ1) is 23.3. The Hall–Kier alpha value is -3.37. The van der Waals surface area contributed by atoms with Crippen LogP contribution in [0.4, 0.5) is 10.5 Å². The molecule has 2 aromatic carbocycles. The number of esters is 1. The Morgan fingerprint density at radius 3 is 2.53 bits per heavy atom. The summed E-state index contributed by atoms with van der Waals surface area (Å²) in [6, 6.07) is 9.54. The van der Waals surface area contributed by atoms with Gasteiger partial charge in [-0.05, 0) is 37.3 Å². The molecule has 32 heavy (non-hydrogen) atoms. The number of rotatable bonds is 6. The number of benzene rings is 2. The number of hydrogen-bond donors (Lipinski definition) is 1. The first-order chi connectivity index (χ1) is 15.1. The Bertz CT molecular complexity index is 1360. The summed E-state index contributed by atoms with van der Waals surface area (Å²) >= 11 is 5.89. The molecule has 0 atom stereocenters. The molecule has 3 aromatic rings. The van der Waals surface area contributed by atoms with Crippen molar-refractivity contribution in [2.45, 2.75) is 18.4 Å². The third-order valence-corrected chi connectivity index (χ3v) is 5.86. The monoisotopic (exact) mass is 479 g/mol. The molecule has 0 unspecified atom stereocenters. The van der Waals surface area contributed by atoms with Crippen LogP contribution in [0.5, 0.6) is 0 Å². The maximum Gasteiger partial charge on any atom is 0.411 e. The second kappa shape index (κ2) is 9.41. The minimum atomic E-state index is -3.64. The summed E-state index contributed by atoms with van der Waals surface area (Å²) in [6.45, 7) is 1.59. The Morgan fingerprint density at radius 1 is 1.09 bits per heavy atom. The molecule has 0 saturated carbocycles. The number of carbonyl (C=O) groups is 2. The lowest BCUT2D eigenvalue weighted by atomic mass is 10.1. The second-order valence-corrected chi connectivity index (χ2v) is 9.03. The third-order valence-electron chi connectivity index (χ3n) is 4.28. The average molecular weight is 480 g/mol. The molecular weight excluding hydrogens is 462 g/mol. The molecule has 0 aliphatic carbocycles. The Balaban J connectivity index is 1.84. The van der Waals surface area contributed by atoms with Gasteiger partial charge in [-0.15, -0.1) is 0 Å². The predicted octanol–water partition coefficient (Wildman–Crippen LogP) is 3.78. The molecule has 0 spiro atoms. The highest BCUT2D eigenvalue weighted by Crippen LogP contribution is 2.25. The lowest BCUT2D eigenvalue weighted by Gasteiger charge is -2.10. The predicted molar refractivity (Wildman–Crippen MR) is 117 cm³/mol. The van der Waals surface area contributed by atoms with Gasteiger partial charge in [0, 0.05) is 35.0 Å². The fraction of sp³-hybridized carbons (Fsp3) is 0.190. The maximum absolute atomic E-state index is 12.4. The minimum absolute atomic E-state index is 0.0111. The molecule has 0 aliphatic rings. The number of sulfone groups is 1. The number of carbonyl (C=O) groups excluding carboxylic acids is 2. The number of amides is 1. The van der Waals surface area contributed by atoms with E-state index in [-0.39, 0.29) is 34.3 Å². The largest absolute Gasteiger partial charge is 0.457 e. The third kappa shape index (κ3) is 5.45. The highest BCUT2D eigenvalue weighted by atomic mass is 35.5. The molecule has 168 valence electrons. The number of anilines is 1. The van der Waals surface area contributed by atoms with Crippen LogP contribution in [0.1, 0.15) is 22.8 Å². The molecule has 0 radical (unpaired) electrons. The summed E-state index contributed by atoms with van der Waals surface area (Å²) < 4.78 is 38.9. The van der Waals surface area contributed by atoms with Crippen LogP contribution >= 0.6 is 11.6 Å². The lowest BCUT2D eigenvalue weighted by molar-refractivity contribution is 0.0473. The van der Waals surface area contributed by atoms with Crippen molar-refractivity contribution in [3.8, 4) is 0 Å². The summed E-state index contributed by atoms with van der Waals surface area (Å²) in [5.41, 5.74) is 0.196. The van der Waals surface area contributed by atoms with Crippen molar-refractivity contribution in [2.75, 3.05) is 18.2 Å². The Kier molecular flexibility index (Phi) is 6.85. The van der Waals surface area contributed by atoms with Gasteiger partial charge >= 0.3 is 17.7 Å². The van der Waals surface area contributed by atoms with Gasteiger partial charge in [0.1, 0.15) is 12.2 Å². The molecule has 1 heterocycles. The number of nitrogens with one attached hydrogen (secondary N) is 1. The van der Waals surface area contributed by atoms with Crippen LogP contribution in [0.3, 0.4) is 0 Å². The number of ether oxygens (including phenoxy) is 2. The molecule has 0 saturated heterocycles. The number of fused-ring (bicyclic) bond motifs is 1. The first-order valence-electron chi connectivity index (χ1n) is 9.25. The molecule has 1 aromatic heterocycles. The normalized spacial score (nSPS) is 11.2. The van der Waals surface area contributed by atoms with Gasteiger partial charge in [0.15, 0.2) is 9.84 Å². The van der Waals surface area contributed by atoms with E-state index in [1.165, 1.54) is 24.3 Å². The van der Waals surface area contributed by atoms with Gasteiger partial charge in [0.2, 0.25) is 0 Å². The highest BCUT2D eigenvalue weighted by molar-refractivity contribution is 7.90. The van der Waals surface area contributed by atoms with Gasteiger partial charge in [0.25, 0.3) is 0 Å². The average Bonchev–Trinajstić information content (AvgIpc) is 2.71. The van der Waals surface area contributed by atoms with E-state index < -0.39 is 27.5 Å². The van der Waals surface area contributed by atoms with E-state index in [1.54, 1.807) is 19.1 Å². The van der Waals surface area contributed by atoms with Crippen LogP contribution in [0.25, 0.3) is 11.0 Å². The van der Waals surface area contributed by atoms with Crippen LogP contribution < -0.4 is 10.9 Å². The standard InChI is InChI=1S/C21H18ClNO8S/c1-3-29-21(26)23-14-5-6-15-13(9-19(24)31-17(15)10-14)11-30-20(25)12-4-7-16(22)18(8-12)32(2,27)28/h4-10H,3,11H2,1-2H3,(H,23,26). The summed E-state index contributed by atoms with van der Waals surface area (Å²) in [5.74, 6) is -0.798. The van der Waals surface area contributed by atoms with E-state index in [0.29, 0.717) is 16.6 Å². The Labute approximate surface area is 187 Å². The van der Waals surface area contributed by atoms with Crippen molar-refractivity contribution in [3.05, 3.63) is 69.0 Å². The summed E-state index contributed by atoms with van der Waals surface area (Å²) in [5, 5.41) is 2.97. The maximum atomic E-state index is 12.4. The minimum Gasteiger partial charge on any atom is -0.457 e. The summed E-state index contributed by atoms with van der Waals surface area (Å²) in [7, 11) is -3.64. The van der Waals surface area contributed by atoms with E-state index >= 15 is 0 Å². The molecular formula is C21H18ClNO8S. The summed E-state index contributed by atoms with van der Waals surface area (Å²) in [4.78, 5) is 35.8. The quantitative estimate of drug-likeness (QED) is 0.417. The van der Waals surface area contributed by atoms with Crippen LogP contribution in [0.2, 0.25) is 5.02 Å². The molecule has 9 nitrogen and oxygen atoms in total. The fourth-order valence-corrected chi connectivity index (χ4v) is 4.15. The zero-order chi connectivity index (χ0) is 23.5. The fourth-order valence-electron chi connectivity index (χ4n) is 2.85. The van der Waals surface area contributed by atoms with Gasteiger partial charge in [-0.3, -0.25) is 5.32 Å². The summed E-state index contributed by atoms with van der Waals surface area (Å²) in [6.07, 6.45) is 0.319. The lowest BCUT2D eigenvalue weighted by Crippen LogP contribution is -2.13. The molecule has 0 fully saturated rings. The zero-order valence-corrected chi connectivity index (χ0v) is 18.6. The van der Waals surface area contributed by atoms with Crippen molar-refractivity contribution < 1.29 is 31.9 Å². The zero-order valence-electron chi connectivity index (χ0n) is 17.0. The molecule has 1 N–H and O–H groups in total. The smallest absolute Gasteiger partial charge is 0.411 e. The van der Waals surface area contributed by atoms with Gasteiger partial charge in [-0.2, -0.15) is 0 Å². The molecule has 3 rings (SSSR count). The molecule has 11 heteroatoms.